The van der Waals surface area contributed by atoms with Gasteiger partial charge in [-0.1, -0.05) is 42.5 Å². The van der Waals surface area contributed by atoms with E-state index in [1.54, 1.807) is 4.68 Å². The van der Waals surface area contributed by atoms with Gasteiger partial charge in [-0.25, -0.2) is 4.68 Å². The molecular formula is C16H17N5. The summed E-state index contributed by atoms with van der Waals surface area (Å²) in [6.45, 7) is 2.14. The van der Waals surface area contributed by atoms with Crippen LogP contribution in [0.4, 0.5) is 5.69 Å². The first-order valence-corrected chi connectivity index (χ1v) is 6.88. The van der Waals surface area contributed by atoms with Gasteiger partial charge in [0.25, 0.3) is 0 Å². The minimum atomic E-state index is 0.235. The van der Waals surface area contributed by atoms with Crippen LogP contribution < -0.4 is 5.32 Å². The van der Waals surface area contributed by atoms with Gasteiger partial charge in [-0.3, -0.25) is 0 Å². The van der Waals surface area contributed by atoms with E-state index in [4.69, 9.17) is 0 Å². The second-order valence-corrected chi connectivity index (χ2v) is 4.98. The summed E-state index contributed by atoms with van der Waals surface area (Å²) in [6, 6.07) is 18.7. The normalized spacial score (nSPS) is 12.1. The van der Waals surface area contributed by atoms with Gasteiger partial charge in [0, 0.05) is 24.3 Å². The van der Waals surface area contributed by atoms with Gasteiger partial charge in [0.15, 0.2) is 5.82 Å². The SMILES string of the molecule is CC(Nc1cccc(-c2nnnn2C)c1)c1ccccc1. The van der Waals surface area contributed by atoms with Gasteiger partial charge in [0.1, 0.15) is 0 Å². The van der Waals surface area contributed by atoms with Gasteiger partial charge in [-0.15, -0.1) is 5.10 Å². The summed E-state index contributed by atoms with van der Waals surface area (Å²) in [4.78, 5) is 0. The Morgan fingerprint density at radius 1 is 1.05 bits per heavy atom. The first kappa shape index (κ1) is 13.3. The number of rotatable bonds is 4. The van der Waals surface area contributed by atoms with E-state index in [0.717, 1.165) is 17.1 Å². The number of aryl methyl sites for hydroxylation is 1. The smallest absolute Gasteiger partial charge is 0.181 e. The fourth-order valence-electron chi connectivity index (χ4n) is 2.30. The molecule has 0 fully saturated rings. The third kappa shape index (κ3) is 2.91. The first-order chi connectivity index (χ1) is 10.2. The molecule has 106 valence electrons. The number of anilines is 1. The van der Waals surface area contributed by atoms with E-state index in [1.165, 1.54) is 5.56 Å². The molecule has 0 aliphatic rings. The average molecular weight is 279 g/mol. The third-order valence-corrected chi connectivity index (χ3v) is 3.42. The fourth-order valence-corrected chi connectivity index (χ4v) is 2.30. The van der Waals surface area contributed by atoms with Crippen molar-refractivity contribution in [3.63, 3.8) is 0 Å². The van der Waals surface area contributed by atoms with Crippen molar-refractivity contribution in [2.45, 2.75) is 13.0 Å². The van der Waals surface area contributed by atoms with E-state index >= 15 is 0 Å². The van der Waals surface area contributed by atoms with Crippen molar-refractivity contribution in [3.05, 3.63) is 60.2 Å². The van der Waals surface area contributed by atoms with Gasteiger partial charge in [0.2, 0.25) is 0 Å². The van der Waals surface area contributed by atoms with Crippen LogP contribution in [0.1, 0.15) is 18.5 Å². The van der Waals surface area contributed by atoms with Gasteiger partial charge in [-0.05, 0) is 35.0 Å². The second-order valence-electron chi connectivity index (χ2n) is 4.98. The molecule has 0 amide bonds. The van der Waals surface area contributed by atoms with Crippen molar-refractivity contribution >= 4 is 5.69 Å². The second kappa shape index (κ2) is 5.75. The molecule has 5 nitrogen and oxygen atoms in total. The van der Waals surface area contributed by atoms with E-state index in [1.807, 2.05) is 31.3 Å². The standard InChI is InChI=1S/C16H17N5/c1-12(13-7-4-3-5-8-13)17-15-10-6-9-14(11-15)16-18-19-20-21(16)2/h3-12,17H,1-2H3. The molecule has 3 aromatic rings. The minimum absolute atomic E-state index is 0.235. The fraction of sp³-hybridized carbons (Fsp3) is 0.188. The Morgan fingerprint density at radius 2 is 1.86 bits per heavy atom. The van der Waals surface area contributed by atoms with E-state index < -0.39 is 0 Å². The van der Waals surface area contributed by atoms with E-state index in [-0.39, 0.29) is 6.04 Å². The minimum Gasteiger partial charge on any atom is -0.379 e. The Labute approximate surface area is 123 Å². The molecule has 0 spiro atoms. The number of aromatic nitrogens is 4. The molecule has 1 aromatic heterocycles. The largest absolute Gasteiger partial charge is 0.379 e. The van der Waals surface area contributed by atoms with Crippen molar-refractivity contribution < 1.29 is 0 Å². The Hall–Kier alpha value is -2.69. The van der Waals surface area contributed by atoms with Crippen molar-refractivity contribution in [3.8, 4) is 11.4 Å². The van der Waals surface area contributed by atoms with Crippen molar-refractivity contribution in [2.75, 3.05) is 5.32 Å². The molecule has 1 N–H and O–H groups in total. The number of hydrogen-bond donors (Lipinski definition) is 1. The number of benzene rings is 2. The third-order valence-electron chi connectivity index (χ3n) is 3.42. The van der Waals surface area contributed by atoms with Gasteiger partial charge in [-0.2, -0.15) is 0 Å². The van der Waals surface area contributed by atoms with Crippen molar-refractivity contribution in [1.82, 2.24) is 20.2 Å². The van der Waals surface area contributed by atoms with Crippen LogP contribution >= 0.6 is 0 Å². The maximum absolute atomic E-state index is 4.04. The molecule has 0 bridgehead atoms. The average Bonchev–Trinajstić information content (AvgIpc) is 2.94. The molecule has 0 aliphatic carbocycles. The zero-order chi connectivity index (χ0) is 14.7. The zero-order valence-corrected chi connectivity index (χ0v) is 12.1. The maximum atomic E-state index is 4.04. The molecule has 5 heteroatoms. The molecule has 3 rings (SSSR count). The van der Waals surface area contributed by atoms with Crippen LogP contribution in [0.2, 0.25) is 0 Å². The van der Waals surface area contributed by atoms with Crippen LogP contribution in [-0.4, -0.2) is 20.2 Å². The molecule has 2 aromatic carbocycles. The molecule has 1 atom stereocenters. The predicted molar refractivity (Wildman–Crippen MR) is 82.7 cm³/mol. The summed E-state index contributed by atoms with van der Waals surface area (Å²) in [5, 5.41) is 15.1. The molecule has 0 saturated carbocycles. The van der Waals surface area contributed by atoms with Crippen LogP contribution in [0.15, 0.2) is 54.6 Å². The lowest BCUT2D eigenvalue weighted by Crippen LogP contribution is -2.06. The van der Waals surface area contributed by atoms with E-state index in [2.05, 4.69) is 58.1 Å². The van der Waals surface area contributed by atoms with Crippen molar-refractivity contribution in [2.24, 2.45) is 7.05 Å². The van der Waals surface area contributed by atoms with Crippen LogP contribution in [-0.2, 0) is 7.05 Å². The summed E-state index contributed by atoms with van der Waals surface area (Å²) in [6.07, 6.45) is 0. The summed E-state index contributed by atoms with van der Waals surface area (Å²) in [7, 11) is 1.84. The van der Waals surface area contributed by atoms with Crippen LogP contribution in [0.3, 0.4) is 0 Å². The summed E-state index contributed by atoms with van der Waals surface area (Å²) >= 11 is 0. The predicted octanol–water partition coefficient (Wildman–Crippen LogP) is 3.05. The number of nitrogens with one attached hydrogen (secondary N) is 1. The molecule has 0 radical (unpaired) electrons. The number of hydrogen-bond acceptors (Lipinski definition) is 4. The highest BCUT2D eigenvalue weighted by molar-refractivity contribution is 5.62. The van der Waals surface area contributed by atoms with E-state index in [0.29, 0.717) is 0 Å². The quantitative estimate of drug-likeness (QED) is 0.797. The number of tetrazole rings is 1. The van der Waals surface area contributed by atoms with Gasteiger partial charge < -0.3 is 5.32 Å². The monoisotopic (exact) mass is 279 g/mol. The Bertz CT molecular complexity index is 720. The van der Waals surface area contributed by atoms with Crippen LogP contribution in [0.5, 0.6) is 0 Å². The summed E-state index contributed by atoms with van der Waals surface area (Å²) in [5.74, 6) is 0.756. The highest BCUT2D eigenvalue weighted by Crippen LogP contribution is 2.23. The topological polar surface area (TPSA) is 55.6 Å². The highest BCUT2D eigenvalue weighted by atomic mass is 15.5. The Morgan fingerprint density at radius 3 is 2.57 bits per heavy atom. The lowest BCUT2D eigenvalue weighted by atomic mass is 10.1. The number of nitrogens with zero attached hydrogens (tertiary/aromatic N) is 4. The van der Waals surface area contributed by atoms with E-state index in [9.17, 15) is 0 Å². The lowest BCUT2D eigenvalue weighted by Gasteiger charge is -2.16. The van der Waals surface area contributed by atoms with Crippen LogP contribution in [0, 0.1) is 0 Å². The Balaban J connectivity index is 1.82. The molecular weight excluding hydrogens is 262 g/mol. The lowest BCUT2D eigenvalue weighted by molar-refractivity contribution is 0.714. The van der Waals surface area contributed by atoms with Crippen LogP contribution in [0.25, 0.3) is 11.4 Å². The summed E-state index contributed by atoms with van der Waals surface area (Å²) < 4.78 is 1.67. The first-order valence-electron chi connectivity index (χ1n) is 6.88. The highest BCUT2D eigenvalue weighted by Gasteiger charge is 2.08. The zero-order valence-electron chi connectivity index (χ0n) is 12.1. The van der Waals surface area contributed by atoms with Gasteiger partial charge in [0.05, 0.1) is 0 Å². The summed E-state index contributed by atoms with van der Waals surface area (Å²) in [5.41, 5.74) is 3.29. The van der Waals surface area contributed by atoms with Crippen molar-refractivity contribution in [1.29, 1.82) is 0 Å². The molecule has 1 heterocycles. The maximum Gasteiger partial charge on any atom is 0.181 e. The molecule has 0 saturated heterocycles. The van der Waals surface area contributed by atoms with Gasteiger partial charge >= 0.3 is 0 Å². The molecule has 0 aliphatic heterocycles. The Kier molecular flexibility index (Phi) is 3.64. The molecule has 21 heavy (non-hydrogen) atoms. The molecule has 1 unspecified atom stereocenters.